The van der Waals surface area contributed by atoms with Gasteiger partial charge in [-0.25, -0.2) is 4.39 Å². The van der Waals surface area contributed by atoms with Gasteiger partial charge in [-0.1, -0.05) is 0 Å². The number of nitrogens with one attached hydrogen (secondary N) is 1. The van der Waals surface area contributed by atoms with Gasteiger partial charge in [0.15, 0.2) is 6.10 Å². The SMILES string of the molecule is O=C(N[C@@H]1CC[C@@H](c2nnc([C@H]3C[C@@H](OC(F)(F)F)C3)o2)OC1)[C@@H]1CCc2cc(F)ccc2O1. The lowest BCUT2D eigenvalue weighted by atomic mass is 9.82. The minimum atomic E-state index is -4.65. The zero-order valence-electron chi connectivity index (χ0n) is 18.0. The molecule has 0 bridgehead atoms. The molecule has 0 spiro atoms. The van der Waals surface area contributed by atoms with Crippen LogP contribution in [0.3, 0.4) is 0 Å². The summed E-state index contributed by atoms with van der Waals surface area (Å²) in [6.07, 6.45) is -4.13. The second-order valence-electron chi connectivity index (χ2n) is 8.83. The van der Waals surface area contributed by atoms with Crippen LogP contribution < -0.4 is 10.1 Å². The molecule has 5 rings (SSSR count). The molecule has 184 valence electrons. The number of hydrogen-bond donors (Lipinski definition) is 1. The number of hydrogen-bond acceptors (Lipinski definition) is 7. The van der Waals surface area contributed by atoms with E-state index in [1.54, 1.807) is 0 Å². The predicted octanol–water partition coefficient (Wildman–Crippen LogP) is 3.72. The van der Waals surface area contributed by atoms with E-state index in [2.05, 4.69) is 20.3 Å². The Balaban J connectivity index is 1.07. The zero-order chi connectivity index (χ0) is 23.9. The summed E-state index contributed by atoms with van der Waals surface area (Å²) in [6.45, 7) is 0.244. The van der Waals surface area contributed by atoms with E-state index < -0.39 is 24.7 Å². The van der Waals surface area contributed by atoms with Crippen molar-refractivity contribution < 1.29 is 41.0 Å². The molecule has 1 aromatic heterocycles. The topological polar surface area (TPSA) is 95.7 Å². The standard InChI is InChI=1S/C22H23F4N3O5/c23-13-2-5-16-11(7-13)1-4-17(32-16)19(30)27-14-3-6-18(31-10-14)21-29-28-20(33-21)12-8-15(9-12)34-22(24,25)26/h2,5,7,12,14-15,17-18H,1,3-4,6,8-10H2,(H,27,30)/t12-,14-,15+,17+,18+/m1/s1. The van der Waals surface area contributed by atoms with Crippen molar-refractivity contribution >= 4 is 5.91 Å². The highest BCUT2D eigenvalue weighted by molar-refractivity contribution is 5.81. The highest BCUT2D eigenvalue weighted by atomic mass is 19.4. The number of carbonyl (C=O) groups is 1. The Morgan fingerprint density at radius 2 is 1.91 bits per heavy atom. The first kappa shape index (κ1) is 23.0. The third-order valence-electron chi connectivity index (χ3n) is 6.36. The van der Waals surface area contributed by atoms with Crippen molar-refractivity contribution in [3.05, 3.63) is 41.4 Å². The second-order valence-corrected chi connectivity index (χ2v) is 8.83. The van der Waals surface area contributed by atoms with Crippen molar-refractivity contribution in [3.8, 4) is 5.75 Å². The third-order valence-corrected chi connectivity index (χ3v) is 6.36. The minimum absolute atomic E-state index is 0.170. The molecule has 3 atom stereocenters. The Bertz CT molecular complexity index is 1030. The van der Waals surface area contributed by atoms with Crippen molar-refractivity contribution in [3.63, 3.8) is 0 Å². The lowest BCUT2D eigenvalue weighted by Gasteiger charge is -2.33. The minimum Gasteiger partial charge on any atom is -0.480 e. The number of amides is 1. The fraction of sp³-hybridized carbons (Fsp3) is 0.591. The predicted molar refractivity (Wildman–Crippen MR) is 106 cm³/mol. The molecule has 2 fully saturated rings. The summed E-state index contributed by atoms with van der Waals surface area (Å²) in [5.41, 5.74) is 0.747. The van der Waals surface area contributed by atoms with E-state index in [-0.39, 0.29) is 54.9 Å². The molecule has 0 unspecified atom stereocenters. The van der Waals surface area contributed by atoms with Gasteiger partial charge in [0.05, 0.1) is 18.8 Å². The van der Waals surface area contributed by atoms with E-state index in [9.17, 15) is 22.4 Å². The van der Waals surface area contributed by atoms with Gasteiger partial charge in [0.2, 0.25) is 11.8 Å². The normalized spacial score (nSPS) is 29.0. The van der Waals surface area contributed by atoms with Crippen LogP contribution in [0.25, 0.3) is 0 Å². The number of alkyl halides is 3. The molecule has 2 aromatic rings. The van der Waals surface area contributed by atoms with E-state index >= 15 is 0 Å². The number of rotatable bonds is 5. The van der Waals surface area contributed by atoms with Crippen LogP contribution in [0.1, 0.15) is 61.5 Å². The molecule has 1 amide bonds. The molecule has 1 aromatic carbocycles. The van der Waals surface area contributed by atoms with Gasteiger partial charge in [-0.3, -0.25) is 9.53 Å². The number of aryl methyl sites for hydroxylation is 1. The molecule has 1 N–H and O–H groups in total. The average molecular weight is 485 g/mol. The quantitative estimate of drug-likeness (QED) is 0.645. The number of nitrogens with zero attached hydrogens (tertiary/aromatic N) is 2. The summed E-state index contributed by atoms with van der Waals surface area (Å²) in [5, 5.41) is 10.9. The smallest absolute Gasteiger partial charge is 0.480 e. The van der Waals surface area contributed by atoms with Gasteiger partial charge in [0.1, 0.15) is 17.7 Å². The molecule has 2 aliphatic heterocycles. The molecule has 3 aliphatic rings. The second kappa shape index (κ2) is 9.14. The first-order valence-corrected chi connectivity index (χ1v) is 11.2. The van der Waals surface area contributed by atoms with Crippen molar-refractivity contribution in [1.29, 1.82) is 0 Å². The van der Waals surface area contributed by atoms with E-state index in [0.717, 1.165) is 5.56 Å². The third kappa shape index (κ3) is 5.17. The summed E-state index contributed by atoms with van der Waals surface area (Å²) in [5.74, 6) is 0.233. The van der Waals surface area contributed by atoms with Gasteiger partial charge in [0, 0.05) is 5.92 Å². The maximum Gasteiger partial charge on any atom is 0.522 e. The Morgan fingerprint density at radius 1 is 1.12 bits per heavy atom. The van der Waals surface area contributed by atoms with E-state index in [0.29, 0.717) is 31.4 Å². The Labute approximate surface area is 191 Å². The summed E-state index contributed by atoms with van der Waals surface area (Å²) in [6, 6.07) is 4.04. The number of benzene rings is 1. The van der Waals surface area contributed by atoms with Gasteiger partial charge in [0.25, 0.3) is 5.91 Å². The molecular formula is C22H23F4N3O5. The van der Waals surface area contributed by atoms with Crippen molar-refractivity contribution in [1.82, 2.24) is 15.5 Å². The Morgan fingerprint density at radius 3 is 2.65 bits per heavy atom. The number of fused-ring (bicyclic) bond motifs is 1. The molecular weight excluding hydrogens is 462 g/mol. The fourth-order valence-electron chi connectivity index (χ4n) is 4.49. The molecule has 8 nitrogen and oxygen atoms in total. The van der Waals surface area contributed by atoms with Gasteiger partial charge >= 0.3 is 6.36 Å². The van der Waals surface area contributed by atoms with Crippen molar-refractivity contribution in [2.45, 2.75) is 75.2 Å². The Hall–Kier alpha value is -2.73. The highest BCUT2D eigenvalue weighted by Crippen LogP contribution is 2.41. The number of aromatic nitrogens is 2. The summed E-state index contributed by atoms with van der Waals surface area (Å²) < 4.78 is 71.3. The molecule has 1 saturated heterocycles. The number of ether oxygens (including phenoxy) is 3. The first-order chi connectivity index (χ1) is 16.2. The van der Waals surface area contributed by atoms with E-state index in [4.69, 9.17) is 13.9 Å². The van der Waals surface area contributed by atoms with Crippen LogP contribution in [-0.2, 0) is 20.7 Å². The monoisotopic (exact) mass is 485 g/mol. The van der Waals surface area contributed by atoms with Crippen LogP contribution in [-0.4, -0.2) is 47.3 Å². The fourth-order valence-corrected chi connectivity index (χ4v) is 4.49. The largest absolute Gasteiger partial charge is 0.522 e. The molecule has 0 radical (unpaired) electrons. The van der Waals surface area contributed by atoms with Crippen LogP contribution in [0.15, 0.2) is 22.6 Å². The van der Waals surface area contributed by atoms with Gasteiger partial charge in [-0.05, 0) is 62.3 Å². The van der Waals surface area contributed by atoms with Crippen molar-refractivity contribution in [2.75, 3.05) is 6.61 Å². The van der Waals surface area contributed by atoms with Crippen LogP contribution in [0.4, 0.5) is 17.6 Å². The Kier molecular flexibility index (Phi) is 6.19. The maximum atomic E-state index is 13.3. The molecule has 1 saturated carbocycles. The lowest BCUT2D eigenvalue weighted by Crippen LogP contribution is -2.48. The van der Waals surface area contributed by atoms with Crippen molar-refractivity contribution in [2.24, 2.45) is 0 Å². The first-order valence-electron chi connectivity index (χ1n) is 11.2. The van der Waals surface area contributed by atoms with Crippen LogP contribution in [0.2, 0.25) is 0 Å². The summed E-state index contributed by atoms with van der Waals surface area (Å²) in [7, 11) is 0. The van der Waals surface area contributed by atoms with E-state index in [1.807, 2.05) is 0 Å². The number of halogens is 4. The van der Waals surface area contributed by atoms with E-state index in [1.165, 1.54) is 18.2 Å². The van der Waals surface area contributed by atoms with Crippen LogP contribution in [0.5, 0.6) is 5.75 Å². The molecule has 1 aliphatic carbocycles. The number of carbonyl (C=O) groups excluding carboxylic acids is 1. The molecule has 34 heavy (non-hydrogen) atoms. The average Bonchev–Trinajstić information content (AvgIpc) is 3.25. The molecule has 12 heteroatoms. The highest BCUT2D eigenvalue weighted by Gasteiger charge is 2.43. The summed E-state index contributed by atoms with van der Waals surface area (Å²) >= 11 is 0. The van der Waals surface area contributed by atoms with Crippen LogP contribution in [0, 0.1) is 5.82 Å². The van der Waals surface area contributed by atoms with Gasteiger partial charge < -0.3 is 19.2 Å². The van der Waals surface area contributed by atoms with Gasteiger partial charge in [-0.2, -0.15) is 0 Å². The maximum absolute atomic E-state index is 13.3. The summed E-state index contributed by atoms with van der Waals surface area (Å²) in [4.78, 5) is 12.6. The van der Waals surface area contributed by atoms with Crippen LogP contribution >= 0.6 is 0 Å². The lowest BCUT2D eigenvalue weighted by molar-refractivity contribution is -0.352. The zero-order valence-corrected chi connectivity index (χ0v) is 18.0. The van der Waals surface area contributed by atoms with Gasteiger partial charge in [-0.15, -0.1) is 23.4 Å². The molecule has 3 heterocycles.